The van der Waals surface area contributed by atoms with Crippen molar-refractivity contribution in [3.8, 4) is 0 Å². The molecule has 7 nitrogen and oxygen atoms in total. The molecule has 0 saturated carbocycles. The summed E-state index contributed by atoms with van der Waals surface area (Å²) < 4.78 is 40.4. The molecule has 1 aliphatic heterocycles. The van der Waals surface area contributed by atoms with Gasteiger partial charge >= 0.3 is 6.18 Å². The van der Waals surface area contributed by atoms with Crippen LogP contribution in [0.2, 0.25) is 5.02 Å². The lowest BCUT2D eigenvalue weighted by Gasteiger charge is -2.30. The molecular weight excluding hydrogens is 507 g/mol. The van der Waals surface area contributed by atoms with E-state index in [-0.39, 0.29) is 11.3 Å². The van der Waals surface area contributed by atoms with Crippen molar-refractivity contribution >= 4 is 51.8 Å². The van der Waals surface area contributed by atoms with Crippen molar-refractivity contribution in [2.45, 2.75) is 19.5 Å². The van der Waals surface area contributed by atoms with Crippen LogP contribution in [0.1, 0.15) is 38.3 Å². The summed E-state index contributed by atoms with van der Waals surface area (Å²) in [6.45, 7) is 3.38. The van der Waals surface area contributed by atoms with Gasteiger partial charge in [-0.05, 0) is 55.3 Å². The number of halogens is 4. The molecular formula is C26H21ClF3N5O2. The van der Waals surface area contributed by atoms with Crippen LogP contribution in [0, 0.1) is 6.92 Å². The number of amides is 2. The van der Waals surface area contributed by atoms with Gasteiger partial charge in [0.05, 0.1) is 22.2 Å². The summed E-state index contributed by atoms with van der Waals surface area (Å²) in [7, 11) is 0. The van der Waals surface area contributed by atoms with E-state index in [1.807, 2.05) is 4.90 Å². The van der Waals surface area contributed by atoms with Crippen molar-refractivity contribution in [1.82, 2.24) is 9.97 Å². The Bertz CT molecular complexity index is 1530. The molecule has 1 fully saturated rings. The number of carbonyl (C=O) groups is 2. The number of imidazole rings is 1. The Kier molecular flexibility index (Phi) is 6.28. The van der Waals surface area contributed by atoms with Crippen molar-refractivity contribution in [3.05, 3.63) is 81.9 Å². The number of nitrogens with one attached hydrogen (secondary N) is 3. The van der Waals surface area contributed by atoms with Gasteiger partial charge in [0, 0.05) is 29.5 Å². The maximum Gasteiger partial charge on any atom is 0.417 e. The molecule has 0 spiro atoms. The summed E-state index contributed by atoms with van der Waals surface area (Å²) in [6, 6.07) is 12.6. The third-order valence-electron chi connectivity index (χ3n) is 6.23. The molecule has 3 N–H and O–H groups in total. The van der Waals surface area contributed by atoms with Crippen LogP contribution in [0.4, 0.5) is 30.5 Å². The number of aromatic amines is 1. The smallest absolute Gasteiger partial charge is 0.342 e. The molecule has 1 saturated heterocycles. The first-order chi connectivity index (χ1) is 17.6. The van der Waals surface area contributed by atoms with E-state index in [1.54, 1.807) is 31.2 Å². The molecule has 37 heavy (non-hydrogen) atoms. The SMILES string of the molecule is Cc1c(Cl)cccc1NC(=O)c1cc(NC(=O)c2ccccc2C(F)(F)F)cc2[nH]c(N3CCC3)nc12. The number of nitrogens with zero attached hydrogens (tertiary/aromatic N) is 2. The molecule has 5 rings (SSSR count). The molecule has 3 aromatic carbocycles. The van der Waals surface area contributed by atoms with Crippen molar-refractivity contribution in [2.75, 3.05) is 28.6 Å². The highest BCUT2D eigenvalue weighted by molar-refractivity contribution is 6.31. The van der Waals surface area contributed by atoms with Crippen molar-refractivity contribution in [2.24, 2.45) is 0 Å². The maximum absolute atomic E-state index is 13.5. The zero-order valence-corrected chi connectivity index (χ0v) is 20.3. The number of alkyl halides is 3. The Balaban J connectivity index is 1.54. The van der Waals surface area contributed by atoms with E-state index in [9.17, 15) is 22.8 Å². The second kappa shape index (κ2) is 9.44. The van der Waals surface area contributed by atoms with Gasteiger partial charge in [-0.15, -0.1) is 0 Å². The first-order valence-corrected chi connectivity index (χ1v) is 11.8. The van der Waals surface area contributed by atoms with Crippen LogP contribution in [0.5, 0.6) is 0 Å². The Hall–Kier alpha value is -4.05. The standard InChI is InChI=1S/C26H21ClF3N5O2/c1-14-19(27)8-4-9-20(14)32-24(37)17-12-15(13-21-22(17)34-25(33-21)35-10-5-11-35)31-23(36)16-6-2-3-7-18(16)26(28,29)30/h2-4,6-9,12-13H,5,10-11H2,1H3,(H,31,36)(H,32,37)(H,33,34). The van der Waals surface area contributed by atoms with E-state index in [4.69, 9.17) is 11.6 Å². The zero-order valence-electron chi connectivity index (χ0n) is 19.5. The molecule has 11 heteroatoms. The number of carbonyl (C=O) groups excluding carboxylic acids is 2. The van der Waals surface area contributed by atoms with Crippen LogP contribution in [-0.4, -0.2) is 34.9 Å². The van der Waals surface area contributed by atoms with E-state index in [2.05, 4.69) is 20.6 Å². The number of H-pyrrole nitrogens is 1. The Morgan fingerprint density at radius 1 is 1.00 bits per heavy atom. The molecule has 0 unspecified atom stereocenters. The van der Waals surface area contributed by atoms with Crippen LogP contribution in [0.3, 0.4) is 0 Å². The van der Waals surface area contributed by atoms with Gasteiger partial charge in [-0.3, -0.25) is 9.59 Å². The minimum atomic E-state index is -4.70. The maximum atomic E-state index is 13.5. The van der Waals surface area contributed by atoms with Crippen LogP contribution >= 0.6 is 11.6 Å². The molecule has 2 amide bonds. The van der Waals surface area contributed by atoms with Crippen molar-refractivity contribution < 1.29 is 22.8 Å². The summed E-state index contributed by atoms with van der Waals surface area (Å²) in [5.41, 5.74) is 0.694. The molecule has 2 heterocycles. The van der Waals surface area contributed by atoms with E-state index < -0.39 is 29.1 Å². The summed E-state index contributed by atoms with van der Waals surface area (Å²) in [4.78, 5) is 36.0. The zero-order chi connectivity index (χ0) is 26.3. The monoisotopic (exact) mass is 527 g/mol. The summed E-state index contributed by atoms with van der Waals surface area (Å²) >= 11 is 6.18. The van der Waals surface area contributed by atoms with Gasteiger partial charge < -0.3 is 20.5 Å². The predicted octanol–water partition coefficient (Wildman–Crippen LogP) is 6.26. The molecule has 190 valence electrons. The summed E-state index contributed by atoms with van der Waals surface area (Å²) in [6.07, 6.45) is -3.69. The second-order valence-electron chi connectivity index (χ2n) is 8.68. The van der Waals surface area contributed by atoms with Crippen LogP contribution in [0.15, 0.2) is 54.6 Å². The fourth-order valence-corrected chi connectivity index (χ4v) is 4.26. The Morgan fingerprint density at radius 2 is 1.73 bits per heavy atom. The van der Waals surface area contributed by atoms with Crippen LogP contribution in [0.25, 0.3) is 11.0 Å². The topological polar surface area (TPSA) is 90.1 Å². The Labute approximate surface area is 214 Å². The highest BCUT2D eigenvalue weighted by Crippen LogP contribution is 2.33. The molecule has 4 aromatic rings. The van der Waals surface area contributed by atoms with Gasteiger partial charge in [0.2, 0.25) is 5.95 Å². The molecule has 0 bridgehead atoms. The quantitative estimate of drug-likeness (QED) is 0.286. The molecule has 1 aliphatic rings. The van der Waals surface area contributed by atoms with E-state index in [0.717, 1.165) is 31.6 Å². The number of hydrogen-bond acceptors (Lipinski definition) is 4. The lowest BCUT2D eigenvalue weighted by atomic mass is 10.1. The third-order valence-corrected chi connectivity index (χ3v) is 6.63. The lowest BCUT2D eigenvalue weighted by Crippen LogP contribution is -2.37. The first kappa shape index (κ1) is 24.6. The predicted molar refractivity (Wildman–Crippen MR) is 136 cm³/mol. The lowest BCUT2D eigenvalue weighted by molar-refractivity contribution is -0.137. The molecule has 0 radical (unpaired) electrons. The number of fused-ring (bicyclic) bond motifs is 1. The Morgan fingerprint density at radius 3 is 2.43 bits per heavy atom. The molecule has 1 aromatic heterocycles. The molecule has 0 aliphatic carbocycles. The third kappa shape index (κ3) is 4.84. The first-order valence-electron chi connectivity index (χ1n) is 11.4. The molecule has 0 atom stereocenters. The van der Waals surface area contributed by atoms with Gasteiger partial charge in [0.1, 0.15) is 5.52 Å². The number of benzene rings is 3. The minimum Gasteiger partial charge on any atom is -0.342 e. The van der Waals surface area contributed by atoms with Crippen molar-refractivity contribution in [1.29, 1.82) is 0 Å². The summed E-state index contributed by atoms with van der Waals surface area (Å²) in [5, 5.41) is 5.80. The highest BCUT2D eigenvalue weighted by Gasteiger charge is 2.35. The van der Waals surface area contributed by atoms with E-state index in [0.29, 0.717) is 33.3 Å². The fraction of sp³-hybridized carbons (Fsp3) is 0.192. The van der Waals surface area contributed by atoms with Gasteiger partial charge in [0.25, 0.3) is 11.8 Å². The van der Waals surface area contributed by atoms with Gasteiger partial charge in [-0.25, -0.2) is 4.98 Å². The average Bonchev–Trinajstić information content (AvgIpc) is 3.22. The van der Waals surface area contributed by atoms with Crippen molar-refractivity contribution in [3.63, 3.8) is 0 Å². The fourth-order valence-electron chi connectivity index (χ4n) is 4.09. The normalized spacial score (nSPS) is 13.4. The van der Waals surface area contributed by atoms with Crippen LogP contribution < -0.4 is 15.5 Å². The van der Waals surface area contributed by atoms with Gasteiger partial charge in [-0.1, -0.05) is 29.8 Å². The number of anilines is 3. The van der Waals surface area contributed by atoms with Gasteiger partial charge in [-0.2, -0.15) is 13.2 Å². The highest BCUT2D eigenvalue weighted by atomic mass is 35.5. The number of hydrogen-bond donors (Lipinski definition) is 3. The number of aromatic nitrogens is 2. The van der Waals surface area contributed by atoms with Gasteiger partial charge in [0.15, 0.2) is 0 Å². The number of rotatable bonds is 5. The minimum absolute atomic E-state index is 0.138. The second-order valence-corrected chi connectivity index (χ2v) is 9.09. The van der Waals surface area contributed by atoms with Crippen LogP contribution in [-0.2, 0) is 6.18 Å². The summed E-state index contributed by atoms with van der Waals surface area (Å²) in [5.74, 6) is -0.893. The average molecular weight is 528 g/mol. The van der Waals surface area contributed by atoms with E-state index >= 15 is 0 Å². The largest absolute Gasteiger partial charge is 0.417 e. The van der Waals surface area contributed by atoms with E-state index in [1.165, 1.54) is 18.2 Å².